The first-order chi connectivity index (χ1) is 6.72. The molecule has 14 heavy (non-hydrogen) atoms. The fourth-order valence-electron chi connectivity index (χ4n) is 1.49. The Hall–Kier alpha value is -1.55. The van der Waals surface area contributed by atoms with Crippen molar-refractivity contribution in [2.45, 2.75) is 19.8 Å². The van der Waals surface area contributed by atoms with Crippen molar-refractivity contribution in [2.75, 3.05) is 5.43 Å². The van der Waals surface area contributed by atoms with Gasteiger partial charge in [0.2, 0.25) is 0 Å². The van der Waals surface area contributed by atoms with Crippen molar-refractivity contribution >= 4 is 17.1 Å². The van der Waals surface area contributed by atoms with Crippen LogP contribution in [-0.2, 0) is 0 Å². The lowest BCUT2D eigenvalue weighted by atomic mass is 10.0. The minimum absolute atomic E-state index is 0.355. The van der Waals surface area contributed by atoms with Gasteiger partial charge in [-0.1, -0.05) is 26.0 Å². The SMILES string of the molecule is CC(C)c1cccc2nc(NN)oc12. The number of nitrogens with two attached hydrogens (primary N) is 1. The van der Waals surface area contributed by atoms with Crippen LogP contribution >= 0.6 is 0 Å². The van der Waals surface area contributed by atoms with Crippen LogP contribution in [-0.4, -0.2) is 4.98 Å². The molecule has 2 aromatic rings. The molecular weight excluding hydrogens is 178 g/mol. The smallest absolute Gasteiger partial charge is 0.310 e. The first-order valence-corrected chi connectivity index (χ1v) is 4.58. The second-order valence-corrected chi connectivity index (χ2v) is 3.51. The van der Waals surface area contributed by atoms with Gasteiger partial charge in [-0.3, -0.25) is 5.43 Å². The van der Waals surface area contributed by atoms with Crippen LogP contribution in [0, 0.1) is 0 Å². The molecule has 0 atom stereocenters. The van der Waals surface area contributed by atoms with Crippen LogP contribution in [0.1, 0.15) is 25.3 Å². The van der Waals surface area contributed by atoms with E-state index in [-0.39, 0.29) is 0 Å². The molecule has 0 spiro atoms. The van der Waals surface area contributed by atoms with E-state index in [9.17, 15) is 0 Å². The van der Waals surface area contributed by atoms with Gasteiger partial charge in [-0.05, 0) is 17.5 Å². The number of nitrogens with zero attached hydrogens (tertiary/aromatic N) is 1. The van der Waals surface area contributed by atoms with Gasteiger partial charge in [-0.2, -0.15) is 4.98 Å². The molecule has 0 saturated carbocycles. The molecule has 0 saturated heterocycles. The fraction of sp³-hybridized carbons (Fsp3) is 0.300. The highest BCUT2D eigenvalue weighted by Gasteiger charge is 2.10. The third-order valence-corrected chi connectivity index (χ3v) is 2.19. The largest absolute Gasteiger partial charge is 0.422 e. The third kappa shape index (κ3) is 1.33. The zero-order valence-electron chi connectivity index (χ0n) is 8.24. The molecule has 3 N–H and O–H groups in total. The molecule has 4 heteroatoms. The predicted molar refractivity (Wildman–Crippen MR) is 55.9 cm³/mol. The molecule has 0 amide bonds. The van der Waals surface area contributed by atoms with Crippen LogP contribution in [0.3, 0.4) is 0 Å². The summed E-state index contributed by atoms with van der Waals surface area (Å²) in [6, 6.07) is 6.28. The van der Waals surface area contributed by atoms with E-state index < -0.39 is 0 Å². The number of nitrogens with one attached hydrogen (secondary N) is 1. The Labute approximate surface area is 82.1 Å². The normalized spacial score (nSPS) is 11.1. The molecule has 0 aliphatic heterocycles. The Morgan fingerprint density at radius 2 is 2.21 bits per heavy atom. The highest BCUT2D eigenvalue weighted by Crippen LogP contribution is 2.27. The average molecular weight is 191 g/mol. The van der Waals surface area contributed by atoms with Gasteiger partial charge in [-0.25, -0.2) is 5.84 Å². The van der Waals surface area contributed by atoms with Crippen LogP contribution in [0.5, 0.6) is 0 Å². The average Bonchev–Trinajstić information content (AvgIpc) is 2.59. The van der Waals surface area contributed by atoms with E-state index >= 15 is 0 Å². The van der Waals surface area contributed by atoms with Crippen molar-refractivity contribution < 1.29 is 4.42 Å². The van der Waals surface area contributed by atoms with Crippen LogP contribution in [0.4, 0.5) is 6.01 Å². The lowest BCUT2D eigenvalue weighted by Crippen LogP contribution is -2.06. The highest BCUT2D eigenvalue weighted by molar-refractivity contribution is 5.78. The zero-order chi connectivity index (χ0) is 10.1. The Morgan fingerprint density at radius 3 is 2.86 bits per heavy atom. The van der Waals surface area contributed by atoms with Crippen LogP contribution in [0.2, 0.25) is 0 Å². The summed E-state index contributed by atoms with van der Waals surface area (Å²) in [5.74, 6) is 5.65. The van der Waals surface area contributed by atoms with E-state index in [2.05, 4.69) is 24.3 Å². The summed E-state index contributed by atoms with van der Waals surface area (Å²) in [4.78, 5) is 4.17. The number of nitrogen functional groups attached to an aromatic ring is 1. The van der Waals surface area contributed by atoms with E-state index in [1.54, 1.807) is 0 Å². The summed E-state index contributed by atoms with van der Waals surface area (Å²) in [6.45, 7) is 4.24. The van der Waals surface area contributed by atoms with Crippen molar-refractivity contribution in [1.82, 2.24) is 4.98 Å². The minimum Gasteiger partial charge on any atom is -0.422 e. The highest BCUT2D eigenvalue weighted by atomic mass is 16.4. The van der Waals surface area contributed by atoms with Gasteiger partial charge < -0.3 is 4.42 Å². The minimum atomic E-state index is 0.355. The number of benzene rings is 1. The molecular formula is C10H13N3O. The molecule has 1 heterocycles. The summed E-state index contributed by atoms with van der Waals surface area (Å²) in [6.07, 6.45) is 0. The molecule has 0 radical (unpaired) electrons. The molecule has 74 valence electrons. The van der Waals surface area contributed by atoms with Crippen molar-refractivity contribution in [3.05, 3.63) is 23.8 Å². The molecule has 0 aliphatic rings. The predicted octanol–water partition coefficient (Wildman–Crippen LogP) is 2.24. The van der Waals surface area contributed by atoms with E-state index in [1.165, 1.54) is 0 Å². The maximum Gasteiger partial charge on any atom is 0.310 e. The van der Waals surface area contributed by atoms with Crippen LogP contribution in [0.25, 0.3) is 11.1 Å². The van der Waals surface area contributed by atoms with Crippen molar-refractivity contribution in [1.29, 1.82) is 0 Å². The monoisotopic (exact) mass is 191 g/mol. The molecule has 1 aromatic carbocycles. The summed E-state index contributed by atoms with van der Waals surface area (Å²) in [5.41, 5.74) is 5.21. The van der Waals surface area contributed by atoms with Crippen LogP contribution in [0.15, 0.2) is 22.6 Å². The fourth-order valence-corrected chi connectivity index (χ4v) is 1.49. The van der Waals surface area contributed by atoms with E-state index in [0.29, 0.717) is 11.9 Å². The molecule has 4 nitrogen and oxygen atoms in total. The Bertz CT molecular complexity index is 448. The summed E-state index contributed by atoms with van der Waals surface area (Å²) in [7, 11) is 0. The molecule has 0 fully saturated rings. The number of hydrogen-bond donors (Lipinski definition) is 2. The molecule has 2 rings (SSSR count). The summed E-state index contributed by atoms with van der Waals surface area (Å²) < 4.78 is 5.46. The number of hydrazine groups is 1. The number of hydrogen-bond acceptors (Lipinski definition) is 4. The maximum absolute atomic E-state index is 5.46. The van der Waals surface area contributed by atoms with E-state index in [1.807, 2.05) is 18.2 Å². The number of oxazole rings is 1. The Kier molecular flexibility index (Phi) is 2.13. The van der Waals surface area contributed by atoms with Crippen molar-refractivity contribution in [3.63, 3.8) is 0 Å². The topological polar surface area (TPSA) is 64.1 Å². The van der Waals surface area contributed by atoms with Crippen molar-refractivity contribution in [2.24, 2.45) is 5.84 Å². The first kappa shape index (κ1) is 9.02. The first-order valence-electron chi connectivity index (χ1n) is 4.58. The van der Waals surface area contributed by atoms with Gasteiger partial charge >= 0.3 is 6.01 Å². The second kappa shape index (κ2) is 3.31. The summed E-state index contributed by atoms with van der Waals surface area (Å²) >= 11 is 0. The van der Waals surface area contributed by atoms with Crippen molar-refractivity contribution in [3.8, 4) is 0 Å². The second-order valence-electron chi connectivity index (χ2n) is 3.51. The van der Waals surface area contributed by atoms with Gasteiger partial charge in [0.25, 0.3) is 0 Å². The number of anilines is 1. The lowest BCUT2D eigenvalue weighted by Gasteiger charge is -2.03. The van der Waals surface area contributed by atoms with Gasteiger partial charge in [0.15, 0.2) is 5.58 Å². The quantitative estimate of drug-likeness (QED) is 0.564. The molecule has 0 aliphatic carbocycles. The van der Waals surface area contributed by atoms with Gasteiger partial charge in [0.1, 0.15) is 5.52 Å². The standard InChI is InChI=1S/C10H13N3O/c1-6(2)7-4-3-5-8-9(7)14-10(12-8)13-11/h3-6H,11H2,1-2H3,(H,12,13). The van der Waals surface area contributed by atoms with E-state index in [4.69, 9.17) is 10.3 Å². The lowest BCUT2D eigenvalue weighted by molar-refractivity contribution is 0.609. The van der Waals surface area contributed by atoms with Gasteiger partial charge in [-0.15, -0.1) is 0 Å². The number of para-hydroxylation sites is 1. The van der Waals surface area contributed by atoms with E-state index in [0.717, 1.165) is 16.7 Å². The summed E-state index contributed by atoms with van der Waals surface area (Å²) in [5, 5.41) is 0. The van der Waals surface area contributed by atoms with Gasteiger partial charge in [0, 0.05) is 0 Å². The number of rotatable bonds is 2. The molecule has 0 bridgehead atoms. The molecule has 0 unspecified atom stereocenters. The molecule has 1 aromatic heterocycles. The Morgan fingerprint density at radius 1 is 1.43 bits per heavy atom. The number of aromatic nitrogens is 1. The third-order valence-electron chi connectivity index (χ3n) is 2.19. The number of fused-ring (bicyclic) bond motifs is 1. The van der Waals surface area contributed by atoms with Crippen LogP contribution < -0.4 is 11.3 Å². The zero-order valence-corrected chi connectivity index (χ0v) is 8.24. The Balaban J connectivity index is 2.66. The maximum atomic E-state index is 5.46. The van der Waals surface area contributed by atoms with Gasteiger partial charge in [0.05, 0.1) is 0 Å².